The van der Waals surface area contributed by atoms with Crippen molar-refractivity contribution in [3.05, 3.63) is 34.4 Å². The number of hydrogen-bond donors (Lipinski definition) is 0. The number of aromatic nitrogens is 4. The second kappa shape index (κ2) is 7.77. The maximum Gasteiger partial charge on any atom is 0.309 e. The molecule has 2 heterocycles. The molecule has 0 bridgehead atoms. The Morgan fingerprint density at radius 3 is 2.46 bits per heavy atom. The van der Waals surface area contributed by atoms with Crippen LogP contribution in [0.1, 0.15) is 46.5 Å². The van der Waals surface area contributed by atoms with Crippen molar-refractivity contribution in [2.24, 2.45) is 25.9 Å². The van der Waals surface area contributed by atoms with Gasteiger partial charge in [0.25, 0.3) is 5.91 Å². The Bertz CT molecular complexity index is 879. The predicted octanol–water partition coefficient (Wildman–Crippen LogP) is 1.92. The number of nitrogens with zero attached hydrogens (tertiary/aromatic N) is 5. The third kappa shape index (κ3) is 3.95. The number of carbonyl (C=O) groups excluding carboxylic acids is 2. The molecule has 1 fully saturated rings. The van der Waals surface area contributed by atoms with Crippen molar-refractivity contribution in [3.8, 4) is 0 Å². The quantitative estimate of drug-likeness (QED) is 0.678. The summed E-state index contributed by atoms with van der Waals surface area (Å²) in [5, 5.41) is 8.81. The normalized spacial score (nSPS) is 18.2. The van der Waals surface area contributed by atoms with E-state index in [1.165, 1.54) is 0 Å². The number of esters is 1. The van der Waals surface area contributed by atoms with E-state index >= 15 is 0 Å². The molecule has 2 aromatic heterocycles. The second-order valence-corrected chi connectivity index (χ2v) is 7.61. The summed E-state index contributed by atoms with van der Waals surface area (Å²) in [6, 6.07) is 1.80. The van der Waals surface area contributed by atoms with Crippen LogP contribution in [0.15, 0.2) is 6.07 Å². The molecule has 2 aromatic rings. The minimum absolute atomic E-state index is 0.114. The van der Waals surface area contributed by atoms with E-state index in [2.05, 4.69) is 10.2 Å². The second-order valence-electron chi connectivity index (χ2n) is 7.61. The Labute approximate surface area is 165 Å². The zero-order chi connectivity index (χ0) is 20.6. The van der Waals surface area contributed by atoms with Crippen molar-refractivity contribution >= 4 is 11.9 Å². The summed E-state index contributed by atoms with van der Waals surface area (Å²) in [6.07, 6.45) is 0.759. The molecule has 3 rings (SSSR count). The predicted molar refractivity (Wildman–Crippen MR) is 104 cm³/mol. The molecule has 0 radical (unpaired) electrons. The van der Waals surface area contributed by atoms with Gasteiger partial charge in [-0.2, -0.15) is 10.2 Å². The molecule has 2 atom stereocenters. The highest BCUT2D eigenvalue weighted by Crippen LogP contribution is 2.40. The SMILES string of the molecule is CCOC(=O)[C@H]1C[C@@H]1CN(Cc1c(C)nn(C)c1C)C(=O)c1cc(C)n(C)n1. The number of rotatable bonds is 7. The smallest absolute Gasteiger partial charge is 0.309 e. The lowest BCUT2D eigenvalue weighted by atomic mass is 10.1. The maximum atomic E-state index is 13.2. The molecule has 0 aromatic carbocycles. The number of amides is 1. The van der Waals surface area contributed by atoms with Crippen LogP contribution in [-0.4, -0.2) is 49.5 Å². The highest BCUT2D eigenvalue weighted by Gasteiger charge is 2.45. The van der Waals surface area contributed by atoms with Crippen molar-refractivity contribution in [2.75, 3.05) is 13.2 Å². The van der Waals surface area contributed by atoms with Gasteiger partial charge in [0.1, 0.15) is 0 Å². The van der Waals surface area contributed by atoms with Crippen molar-refractivity contribution in [1.82, 2.24) is 24.5 Å². The van der Waals surface area contributed by atoms with Gasteiger partial charge in [0.15, 0.2) is 5.69 Å². The Balaban J connectivity index is 1.82. The van der Waals surface area contributed by atoms with Crippen molar-refractivity contribution < 1.29 is 14.3 Å². The standard InChI is InChI=1S/C20H29N5O3/c1-7-28-20(27)16-9-15(16)10-25(11-17-13(3)21-24(6)14(17)4)19(26)18-8-12(2)23(5)22-18/h8,15-16H,7,9-11H2,1-6H3/t15-,16+/m1/s1. The van der Waals surface area contributed by atoms with Crippen molar-refractivity contribution in [3.63, 3.8) is 0 Å². The lowest BCUT2D eigenvalue weighted by Gasteiger charge is -2.22. The average molecular weight is 387 g/mol. The summed E-state index contributed by atoms with van der Waals surface area (Å²) < 4.78 is 8.66. The van der Waals surface area contributed by atoms with Crippen LogP contribution in [0, 0.1) is 32.6 Å². The van der Waals surface area contributed by atoms with Gasteiger partial charge < -0.3 is 9.64 Å². The van der Waals surface area contributed by atoms with Crippen molar-refractivity contribution in [2.45, 2.75) is 40.7 Å². The molecule has 0 saturated heterocycles. The zero-order valence-corrected chi connectivity index (χ0v) is 17.5. The van der Waals surface area contributed by atoms with E-state index in [9.17, 15) is 9.59 Å². The molecule has 0 spiro atoms. The number of aryl methyl sites for hydroxylation is 4. The van der Waals surface area contributed by atoms with Crippen molar-refractivity contribution in [1.29, 1.82) is 0 Å². The van der Waals surface area contributed by atoms with E-state index in [4.69, 9.17) is 4.74 Å². The lowest BCUT2D eigenvalue weighted by Crippen LogP contribution is -2.34. The molecule has 1 aliphatic carbocycles. The molecule has 0 aliphatic heterocycles. The molecule has 1 amide bonds. The van der Waals surface area contributed by atoms with Crippen LogP contribution in [0.25, 0.3) is 0 Å². The van der Waals surface area contributed by atoms with Gasteiger partial charge in [-0.05, 0) is 46.1 Å². The summed E-state index contributed by atoms with van der Waals surface area (Å²) in [6.45, 7) is 9.02. The molecule has 0 N–H and O–H groups in total. The largest absolute Gasteiger partial charge is 0.466 e. The van der Waals surface area contributed by atoms with E-state index in [1.54, 1.807) is 15.6 Å². The summed E-state index contributed by atoms with van der Waals surface area (Å²) in [5.41, 5.74) is 4.33. The van der Waals surface area contributed by atoms with Gasteiger partial charge in [0.05, 0.1) is 18.2 Å². The fraction of sp³-hybridized carbons (Fsp3) is 0.600. The molecule has 1 aliphatic rings. The fourth-order valence-corrected chi connectivity index (χ4v) is 3.55. The topological polar surface area (TPSA) is 82.3 Å². The fourth-order valence-electron chi connectivity index (χ4n) is 3.55. The highest BCUT2D eigenvalue weighted by molar-refractivity contribution is 5.92. The first-order valence-corrected chi connectivity index (χ1v) is 9.68. The highest BCUT2D eigenvalue weighted by atomic mass is 16.5. The van der Waals surface area contributed by atoms with E-state index in [0.29, 0.717) is 25.4 Å². The Morgan fingerprint density at radius 2 is 1.93 bits per heavy atom. The van der Waals surface area contributed by atoms with Gasteiger partial charge in [0, 0.05) is 44.1 Å². The van der Waals surface area contributed by atoms with Gasteiger partial charge in [0.2, 0.25) is 0 Å². The molecular formula is C20H29N5O3. The summed E-state index contributed by atoms with van der Waals surface area (Å²) in [5.74, 6) is -0.273. The van der Waals surface area contributed by atoms with Gasteiger partial charge in [-0.25, -0.2) is 0 Å². The summed E-state index contributed by atoms with van der Waals surface area (Å²) in [7, 11) is 3.72. The van der Waals surface area contributed by atoms with E-state index in [-0.39, 0.29) is 23.7 Å². The first-order valence-electron chi connectivity index (χ1n) is 9.68. The molecule has 0 unspecified atom stereocenters. The Hall–Kier alpha value is -2.64. The van der Waals surface area contributed by atoms with Gasteiger partial charge in [-0.15, -0.1) is 0 Å². The molecule has 8 nitrogen and oxygen atoms in total. The molecular weight excluding hydrogens is 358 g/mol. The Morgan fingerprint density at radius 1 is 1.21 bits per heavy atom. The number of ether oxygens (including phenoxy) is 1. The minimum atomic E-state index is -0.165. The van der Waals surface area contributed by atoms with Crippen LogP contribution in [0.5, 0.6) is 0 Å². The van der Waals surface area contributed by atoms with Crippen LogP contribution in [0.3, 0.4) is 0 Å². The van der Waals surface area contributed by atoms with Crippen LogP contribution >= 0.6 is 0 Å². The first kappa shape index (κ1) is 20.1. The maximum absolute atomic E-state index is 13.2. The third-order valence-corrected chi connectivity index (χ3v) is 5.59. The van der Waals surface area contributed by atoms with Gasteiger partial charge >= 0.3 is 5.97 Å². The summed E-state index contributed by atoms with van der Waals surface area (Å²) >= 11 is 0. The molecule has 152 valence electrons. The molecule has 1 saturated carbocycles. The minimum Gasteiger partial charge on any atom is -0.466 e. The average Bonchev–Trinajstić information content (AvgIpc) is 3.27. The molecule has 8 heteroatoms. The van der Waals surface area contributed by atoms with Crippen LogP contribution < -0.4 is 0 Å². The molecule has 28 heavy (non-hydrogen) atoms. The van der Waals surface area contributed by atoms with Gasteiger partial charge in [-0.3, -0.25) is 19.0 Å². The van der Waals surface area contributed by atoms with Crippen LogP contribution in [0.4, 0.5) is 0 Å². The number of carbonyl (C=O) groups is 2. The first-order chi connectivity index (χ1) is 13.2. The monoisotopic (exact) mass is 387 g/mol. The Kier molecular flexibility index (Phi) is 5.58. The van der Waals surface area contributed by atoms with Crippen LogP contribution in [-0.2, 0) is 30.2 Å². The zero-order valence-electron chi connectivity index (χ0n) is 17.5. The van der Waals surface area contributed by atoms with E-state index < -0.39 is 0 Å². The van der Waals surface area contributed by atoms with Gasteiger partial charge in [-0.1, -0.05) is 0 Å². The number of hydrogen-bond acceptors (Lipinski definition) is 5. The van der Waals surface area contributed by atoms with E-state index in [1.807, 2.05) is 46.5 Å². The lowest BCUT2D eigenvalue weighted by molar-refractivity contribution is -0.145. The van der Waals surface area contributed by atoms with Crippen LogP contribution in [0.2, 0.25) is 0 Å². The third-order valence-electron chi connectivity index (χ3n) is 5.59. The summed E-state index contributed by atoms with van der Waals surface area (Å²) in [4.78, 5) is 27.0. The van der Waals surface area contributed by atoms with E-state index in [0.717, 1.165) is 29.1 Å².